The number of halogens is 1. The number of anilines is 2. The summed E-state index contributed by atoms with van der Waals surface area (Å²) in [7, 11) is -3.54. The van der Waals surface area contributed by atoms with Crippen LogP contribution in [0.5, 0.6) is 0 Å². The molecule has 0 aromatic heterocycles. The third kappa shape index (κ3) is 3.18. The Morgan fingerprint density at radius 1 is 1.00 bits per heavy atom. The summed E-state index contributed by atoms with van der Waals surface area (Å²) in [4.78, 5) is 13.9. The van der Waals surface area contributed by atoms with Crippen LogP contribution in [0.15, 0.2) is 47.4 Å². The number of nitrogens with zero attached hydrogens (tertiary/aromatic N) is 2. The van der Waals surface area contributed by atoms with Gasteiger partial charge in [-0.1, -0.05) is 17.7 Å². The highest BCUT2D eigenvalue weighted by atomic mass is 35.5. The Morgan fingerprint density at radius 2 is 1.77 bits per heavy atom. The average Bonchev–Trinajstić information content (AvgIpc) is 3.01. The highest BCUT2D eigenvalue weighted by molar-refractivity contribution is 7.89. The van der Waals surface area contributed by atoms with Crippen molar-refractivity contribution < 1.29 is 13.2 Å². The number of nitrogens with one attached hydrogen (secondary N) is 1. The smallest absolute Gasteiger partial charge is 0.243 e. The van der Waals surface area contributed by atoms with Crippen LogP contribution >= 0.6 is 11.6 Å². The summed E-state index contributed by atoms with van der Waals surface area (Å²) in [6, 6.07) is 12.2. The maximum absolute atomic E-state index is 12.8. The van der Waals surface area contributed by atoms with Gasteiger partial charge in [0.15, 0.2) is 0 Å². The number of amides is 1. The van der Waals surface area contributed by atoms with Gasteiger partial charge < -0.3 is 10.2 Å². The Hall–Kier alpha value is -2.09. The lowest BCUT2D eigenvalue weighted by Gasteiger charge is -2.35. The van der Waals surface area contributed by atoms with Crippen molar-refractivity contribution in [1.29, 1.82) is 0 Å². The van der Waals surface area contributed by atoms with Crippen molar-refractivity contribution in [3.63, 3.8) is 0 Å². The minimum absolute atomic E-state index is 0.00887. The number of hydrogen-bond donors (Lipinski definition) is 1. The van der Waals surface area contributed by atoms with Crippen LogP contribution in [0.4, 0.5) is 11.4 Å². The molecule has 2 aromatic carbocycles. The van der Waals surface area contributed by atoms with Crippen molar-refractivity contribution in [2.45, 2.75) is 11.3 Å². The Balaban J connectivity index is 1.48. The zero-order chi connectivity index (χ0) is 18.3. The number of piperazine rings is 1. The van der Waals surface area contributed by atoms with E-state index in [2.05, 4.69) is 10.2 Å². The fourth-order valence-corrected chi connectivity index (χ4v) is 5.10. The topological polar surface area (TPSA) is 69.7 Å². The quantitative estimate of drug-likeness (QED) is 0.871. The molecule has 2 heterocycles. The number of carbonyl (C=O) groups is 1. The SMILES string of the molecule is O=C1Cc2cc(N3CCN(S(=O)(=O)c4cccc(Cl)c4)CC3)ccc2N1. The van der Waals surface area contributed by atoms with Crippen LogP contribution in [0.1, 0.15) is 5.56 Å². The van der Waals surface area contributed by atoms with Gasteiger partial charge in [0.05, 0.1) is 11.3 Å². The molecule has 1 saturated heterocycles. The van der Waals surface area contributed by atoms with E-state index in [0.29, 0.717) is 37.6 Å². The summed E-state index contributed by atoms with van der Waals surface area (Å²) in [5.41, 5.74) is 2.86. The molecule has 0 radical (unpaired) electrons. The molecule has 2 aliphatic rings. The highest BCUT2D eigenvalue weighted by Crippen LogP contribution is 2.29. The molecule has 1 amide bonds. The summed E-state index contributed by atoms with van der Waals surface area (Å²) in [5, 5.41) is 3.23. The first-order valence-electron chi connectivity index (χ1n) is 8.37. The second-order valence-electron chi connectivity index (χ2n) is 6.41. The molecule has 0 saturated carbocycles. The molecule has 0 atom stereocenters. The van der Waals surface area contributed by atoms with E-state index in [1.54, 1.807) is 18.2 Å². The van der Waals surface area contributed by atoms with Crippen molar-refractivity contribution in [2.75, 3.05) is 36.4 Å². The molecule has 136 valence electrons. The third-order valence-corrected chi connectivity index (χ3v) is 6.88. The molecular weight excluding hydrogens is 374 g/mol. The van der Waals surface area contributed by atoms with Gasteiger partial charge >= 0.3 is 0 Å². The molecule has 0 aliphatic carbocycles. The van der Waals surface area contributed by atoms with Gasteiger partial charge in [0, 0.05) is 42.6 Å². The minimum atomic E-state index is -3.54. The predicted octanol–water partition coefficient (Wildman–Crippen LogP) is 2.35. The van der Waals surface area contributed by atoms with E-state index in [4.69, 9.17) is 11.6 Å². The number of rotatable bonds is 3. The van der Waals surface area contributed by atoms with Crippen molar-refractivity contribution >= 4 is 38.9 Å². The van der Waals surface area contributed by atoms with Crippen molar-refractivity contribution in [2.24, 2.45) is 0 Å². The van der Waals surface area contributed by atoms with Crippen LogP contribution in [0.25, 0.3) is 0 Å². The lowest BCUT2D eigenvalue weighted by molar-refractivity contribution is -0.115. The van der Waals surface area contributed by atoms with Gasteiger partial charge in [0.2, 0.25) is 15.9 Å². The highest BCUT2D eigenvalue weighted by Gasteiger charge is 2.29. The number of carbonyl (C=O) groups excluding carboxylic acids is 1. The molecule has 1 fully saturated rings. The Bertz CT molecular complexity index is 969. The van der Waals surface area contributed by atoms with Crippen molar-refractivity contribution in [1.82, 2.24) is 4.31 Å². The van der Waals surface area contributed by atoms with E-state index in [9.17, 15) is 13.2 Å². The summed E-state index contributed by atoms with van der Waals surface area (Å²) in [6.07, 6.45) is 0.395. The summed E-state index contributed by atoms with van der Waals surface area (Å²) >= 11 is 5.93. The second kappa shape index (κ2) is 6.57. The molecule has 0 unspecified atom stereocenters. The second-order valence-corrected chi connectivity index (χ2v) is 8.79. The van der Waals surface area contributed by atoms with Crippen LogP contribution in [0.3, 0.4) is 0 Å². The summed E-state index contributed by atoms with van der Waals surface area (Å²) < 4.78 is 27.0. The molecule has 6 nitrogen and oxygen atoms in total. The first kappa shape index (κ1) is 17.3. The minimum Gasteiger partial charge on any atom is -0.369 e. The van der Waals surface area contributed by atoms with Crippen LogP contribution in [-0.4, -0.2) is 44.8 Å². The molecule has 1 N–H and O–H groups in total. The predicted molar refractivity (Wildman–Crippen MR) is 101 cm³/mol. The van der Waals surface area contributed by atoms with E-state index < -0.39 is 10.0 Å². The maximum atomic E-state index is 12.8. The largest absolute Gasteiger partial charge is 0.369 e. The van der Waals surface area contributed by atoms with Gasteiger partial charge in [0.1, 0.15) is 0 Å². The summed E-state index contributed by atoms with van der Waals surface area (Å²) in [5.74, 6) is 0.00887. The molecule has 0 bridgehead atoms. The average molecular weight is 392 g/mol. The Morgan fingerprint density at radius 3 is 2.50 bits per heavy atom. The van der Waals surface area contributed by atoms with Crippen molar-refractivity contribution in [3.8, 4) is 0 Å². The zero-order valence-corrected chi connectivity index (χ0v) is 15.6. The molecule has 8 heteroatoms. The van der Waals surface area contributed by atoms with Crippen LogP contribution in [-0.2, 0) is 21.2 Å². The van der Waals surface area contributed by atoms with E-state index in [1.165, 1.54) is 10.4 Å². The Kier molecular flexibility index (Phi) is 4.38. The number of hydrogen-bond acceptors (Lipinski definition) is 4. The number of sulfonamides is 1. The molecule has 2 aliphatic heterocycles. The zero-order valence-electron chi connectivity index (χ0n) is 14.0. The first-order valence-corrected chi connectivity index (χ1v) is 10.2. The lowest BCUT2D eigenvalue weighted by atomic mass is 10.1. The molecule has 4 rings (SSSR count). The van der Waals surface area contributed by atoms with Gasteiger partial charge in [-0.25, -0.2) is 8.42 Å². The third-order valence-electron chi connectivity index (χ3n) is 4.75. The summed E-state index contributed by atoms with van der Waals surface area (Å²) in [6.45, 7) is 2.01. The number of fused-ring (bicyclic) bond motifs is 1. The first-order chi connectivity index (χ1) is 12.4. The van der Waals surface area contributed by atoms with Crippen molar-refractivity contribution in [3.05, 3.63) is 53.1 Å². The Labute approximate surface area is 157 Å². The molecular formula is C18H18ClN3O3S. The van der Waals surface area contributed by atoms with Gasteiger partial charge in [-0.15, -0.1) is 0 Å². The monoisotopic (exact) mass is 391 g/mol. The van der Waals surface area contributed by atoms with Gasteiger partial charge in [0.25, 0.3) is 0 Å². The van der Waals surface area contributed by atoms with E-state index in [0.717, 1.165) is 16.9 Å². The number of benzene rings is 2. The van der Waals surface area contributed by atoms with Gasteiger partial charge in [-0.3, -0.25) is 4.79 Å². The fourth-order valence-electron chi connectivity index (χ4n) is 3.38. The van der Waals surface area contributed by atoms with Crippen LogP contribution < -0.4 is 10.2 Å². The lowest BCUT2D eigenvalue weighted by Crippen LogP contribution is -2.48. The van der Waals surface area contributed by atoms with E-state index in [1.807, 2.05) is 18.2 Å². The molecule has 0 spiro atoms. The normalized spacial score (nSPS) is 17.9. The standard InChI is InChI=1S/C18H18ClN3O3S/c19-14-2-1-3-16(12-14)26(24,25)22-8-6-21(7-9-22)15-4-5-17-13(10-15)11-18(23)20-17/h1-5,10,12H,6-9,11H2,(H,20,23). The van der Waals surface area contributed by atoms with Gasteiger partial charge in [-0.05, 0) is 42.0 Å². The van der Waals surface area contributed by atoms with Crippen LogP contribution in [0, 0.1) is 0 Å². The maximum Gasteiger partial charge on any atom is 0.243 e. The van der Waals surface area contributed by atoms with E-state index in [-0.39, 0.29) is 10.8 Å². The van der Waals surface area contributed by atoms with Crippen LogP contribution in [0.2, 0.25) is 5.02 Å². The van der Waals surface area contributed by atoms with Gasteiger partial charge in [-0.2, -0.15) is 4.31 Å². The molecule has 2 aromatic rings. The molecule has 26 heavy (non-hydrogen) atoms. The van der Waals surface area contributed by atoms with E-state index >= 15 is 0 Å². The fraction of sp³-hybridized carbons (Fsp3) is 0.278.